The van der Waals surface area contributed by atoms with E-state index in [0.717, 1.165) is 24.9 Å². The van der Waals surface area contributed by atoms with Crippen molar-refractivity contribution in [3.8, 4) is 0 Å². The highest BCUT2D eigenvalue weighted by molar-refractivity contribution is 9.10. The standard InChI is InChI=1S/C15H26BrN3O/c1-5-6-9-19-15(20)14(16)13(10-17-19)18-12(4)8-7-11(2)3/h10-12,18H,5-9H2,1-4H3. The lowest BCUT2D eigenvalue weighted by Crippen LogP contribution is -2.26. The lowest BCUT2D eigenvalue weighted by molar-refractivity contribution is 0.524. The molecule has 1 heterocycles. The number of hydrogen-bond donors (Lipinski definition) is 1. The number of nitrogens with one attached hydrogen (secondary N) is 1. The Labute approximate surface area is 130 Å². The smallest absolute Gasteiger partial charge is 0.283 e. The number of anilines is 1. The molecule has 20 heavy (non-hydrogen) atoms. The minimum absolute atomic E-state index is 0.0560. The van der Waals surface area contributed by atoms with Crippen LogP contribution in [0, 0.1) is 5.92 Å². The second-order valence-electron chi connectivity index (χ2n) is 5.77. The van der Waals surface area contributed by atoms with Gasteiger partial charge in [0.2, 0.25) is 0 Å². The zero-order valence-corrected chi connectivity index (χ0v) is 14.5. The zero-order valence-electron chi connectivity index (χ0n) is 12.9. The largest absolute Gasteiger partial charge is 0.380 e. The highest BCUT2D eigenvalue weighted by atomic mass is 79.9. The summed E-state index contributed by atoms with van der Waals surface area (Å²) < 4.78 is 2.11. The highest BCUT2D eigenvalue weighted by Gasteiger charge is 2.11. The van der Waals surface area contributed by atoms with Crippen LogP contribution in [0.3, 0.4) is 0 Å². The van der Waals surface area contributed by atoms with E-state index in [1.165, 1.54) is 11.1 Å². The molecule has 1 N–H and O–H groups in total. The van der Waals surface area contributed by atoms with Crippen LogP contribution in [-0.2, 0) is 6.54 Å². The van der Waals surface area contributed by atoms with E-state index in [2.05, 4.69) is 54.0 Å². The minimum atomic E-state index is -0.0560. The molecule has 4 nitrogen and oxygen atoms in total. The molecule has 0 saturated carbocycles. The van der Waals surface area contributed by atoms with E-state index in [-0.39, 0.29) is 5.56 Å². The number of halogens is 1. The molecule has 1 aromatic heterocycles. The second kappa shape index (κ2) is 8.45. The SMILES string of the molecule is CCCCn1ncc(NC(C)CCC(C)C)c(Br)c1=O. The van der Waals surface area contributed by atoms with Gasteiger partial charge in [0.25, 0.3) is 5.56 Å². The molecular formula is C15H26BrN3O. The Morgan fingerprint density at radius 2 is 2.05 bits per heavy atom. The third kappa shape index (κ3) is 5.27. The molecule has 0 bridgehead atoms. The van der Waals surface area contributed by atoms with Crippen LogP contribution in [-0.4, -0.2) is 15.8 Å². The molecule has 0 aliphatic rings. The number of aryl methyl sites for hydroxylation is 1. The summed E-state index contributed by atoms with van der Waals surface area (Å²) in [5.74, 6) is 0.697. The lowest BCUT2D eigenvalue weighted by Gasteiger charge is -2.17. The van der Waals surface area contributed by atoms with Crippen molar-refractivity contribution in [3.63, 3.8) is 0 Å². The average Bonchev–Trinajstić information content (AvgIpc) is 2.41. The molecule has 0 aromatic carbocycles. The molecule has 0 aliphatic carbocycles. The summed E-state index contributed by atoms with van der Waals surface area (Å²) in [7, 11) is 0. The van der Waals surface area contributed by atoms with E-state index in [0.29, 0.717) is 23.0 Å². The third-order valence-corrected chi connectivity index (χ3v) is 4.05. The van der Waals surface area contributed by atoms with Crippen molar-refractivity contribution in [2.24, 2.45) is 5.92 Å². The van der Waals surface area contributed by atoms with Gasteiger partial charge >= 0.3 is 0 Å². The topological polar surface area (TPSA) is 46.9 Å². The summed E-state index contributed by atoms with van der Waals surface area (Å²) in [5, 5.41) is 7.60. The number of hydrogen-bond acceptors (Lipinski definition) is 3. The monoisotopic (exact) mass is 343 g/mol. The van der Waals surface area contributed by atoms with Crippen LogP contribution in [0.1, 0.15) is 53.4 Å². The van der Waals surface area contributed by atoms with Crippen LogP contribution in [0.4, 0.5) is 5.69 Å². The summed E-state index contributed by atoms with van der Waals surface area (Å²) in [5.41, 5.74) is 0.735. The van der Waals surface area contributed by atoms with Gasteiger partial charge in [-0.3, -0.25) is 4.79 Å². The fourth-order valence-corrected chi connectivity index (χ4v) is 2.38. The Morgan fingerprint density at radius 1 is 1.35 bits per heavy atom. The van der Waals surface area contributed by atoms with E-state index in [9.17, 15) is 4.79 Å². The predicted molar refractivity (Wildman–Crippen MR) is 88.3 cm³/mol. The van der Waals surface area contributed by atoms with Gasteiger partial charge in [-0.25, -0.2) is 4.68 Å². The Kier molecular flexibility index (Phi) is 7.27. The maximum atomic E-state index is 12.2. The van der Waals surface area contributed by atoms with Crippen LogP contribution in [0.15, 0.2) is 15.5 Å². The number of rotatable bonds is 8. The Bertz CT molecular complexity index is 471. The first kappa shape index (κ1) is 17.2. The number of unbranched alkanes of at least 4 members (excludes halogenated alkanes) is 1. The average molecular weight is 344 g/mol. The van der Waals surface area contributed by atoms with Gasteiger partial charge in [0, 0.05) is 12.6 Å². The van der Waals surface area contributed by atoms with Gasteiger partial charge in [-0.15, -0.1) is 0 Å². The molecular weight excluding hydrogens is 318 g/mol. The van der Waals surface area contributed by atoms with Gasteiger partial charge in [0.05, 0.1) is 11.9 Å². The quantitative estimate of drug-likeness (QED) is 0.774. The second-order valence-corrected chi connectivity index (χ2v) is 6.56. The van der Waals surface area contributed by atoms with Gasteiger partial charge < -0.3 is 5.32 Å². The van der Waals surface area contributed by atoms with Gasteiger partial charge in [-0.1, -0.05) is 27.2 Å². The van der Waals surface area contributed by atoms with Crippen molar-refractivity contribution < 1.29 is 0 Å². The van der Waals surface area contributed by atoms with Crippen molar-refractivity contribution in [1.82, 2.24) is 9.78 Å². The predicted octanol–water partition coefficient (Wildman–Crippen LogP) is 4.04. The molecule has 0 radical (unpaired) electrons. The summed E-state index contributed by atoms with van der Waals surface area (Å²) in [6.45, 7) is 9.36. The van der Waals surface area contributed by atoms with Gasteiger partial charge in [-0.2, -0.15) is 5.10 Å². The van der Waals surface area contributed by atoms with E-state index in [1.807, 2.05) is 0 Å². The molecule has 1 aromatic rings. The first-order valence-electron chi connectivity index (χ1n) is 7.47. The van der Waals surface area contributed by atoms with E-state index in [4.69, 9.17) is 0 Å². The van der Waals surface area contributed by atoms with E-state index in [1.54, 1.807) is 6.20 Å². The first-order chi connectivity index (χ1) is 9.45. The molecule has 114 valence electrons. The van der Waals surface area contributed by atoms with Crippen molar-refractivity contribution in [3.05, 3.63) is 21.0 Å². The molecule has 0 saturated heterocycles. The van der Waals surface area contributed by atoms with Gasteiger partial charge in [0.1, 0.15) is 4.47 Å². The summed E-state index contributed by atoms with van der Waals surface area (Å²) >= 11 is 3.40. The van der Waals surface area contributed by atoms with Crippen LogP contribution in [0.2, 0.25) is 0 Å². The molecule has 1 atom stereocenters. The minimum Gasteiger partial charge on any atom is -0.380 e. The maximum Gasteiger partial charge on any atom is 0.283 e. The Hall–Kier alpha value is -0.840. The van der Waals surface area contributed by atoms with Gasteiger partial charge in [0.15, 0.2) is 0 Å². The highest BCUT2D eigenvalue weighted by Crippen LogP contribution is 2.19. The molecule has 1 unspecified atom stereocenters. The molecule has 0 amide bonds. The summed E-state index contributed by atoms with van der Waals surface area (Å²) in [6, 6.07) is 0.335. The van der Waals surface area contributed by atoms with Crippen molar-refractivity contribution in [1.29, 1.82) is 0 Å². The van der Waals surface area contributed by atoms with Crippen LogP contribution in [0.5, 0.6) is 0 Å². The lowest BCUT2D eigenvalue weighted by atomic mass is 10.0. The first-order valence-corrected chi connectivity index (χ1v) is 8.27. The van der Waals surface area contributed by atoms with Crippen molar-refractivity contribution >= 4 is 21.6 Å². The Morgan fingerprint density at radius 3 is 2.65 bits per heavy atom. The fourth-order valence-electron chi connectivity index (χ4n) is 1.95. The van der Waals surface area contributed by atoms with E-state index < -0.39 is 0 Å². The summed E-state index contributed by atoms with van der Waals surface area (Å²) in [6.07, 6.45) is 6.03. The number of nitrogens with zero attached hydrogens (tertiary/aromatic N) is 2. The van der Waals surface area contributed by atoms with Gasteiger partial charge in [-0.05, 0) is 48.0 Å². The van der Waals surface area contributed by atoms with E-state index >= 15 is 0 Å². The van der Waals surface area contributed by atoms with Crippen molar-refractivity contribution in [2.45, 2.75) is 66.0 Å². The third-order valence-electron chi connectivity index (χ3n) is 3.29. The molecule has 5 heteroatoms. The number of aromatic nitrogens is 2. The molecule has 1 rings (SSSR count). The maximum absolute atomic E-state index is 12.2. The zero-order chi connectivity index (χ0) is 15.1. The molecule has 0 spiro atoms. The fraction of sp³-hybridized carbons (Fsp3) is 0.733. The molecule has 0 aliphatic heterocycles. The Balaban J connectivity index is 2.72. The molecule has 0 fully saturated rings. The van der Waals surface area contributed by atoms with Crippen LogP contribution >= 0.6 is 15.9 Å². The van der Waals surface area contributed by atoms with Crippen LogP contribution < -0.4 is 10.9 Å². The summed E-state index contributed by atoms with van der Waals surface area (Å²) in [4.78, 5) is 12.2. The normalized spacial score (nSPS) is 12.7. The van der Waals surface area contributed by atoms with Crippen molar-refractivity contribution in [2.75, 3.05) is 5.32 Å². The van der Waals surface area contributed by atoms with Crippen LogP contribution in [0.25, 0.3) is 0 Å².